The van der Waals surface area contributed by atoms with E-state index >= 15 is 0 Å². The van der Waals surface area contributed by atoms with Crippen LogP contribution in [0.25, 0.3) is 28.0 Å². The molecule has 2 fully saturated rings. The van der Waals surface area contributed by atoms with Crippen molar-refractivity contribution in [1.29, 1.82) is 0 Å². The van der Waals surface area contributed by atoms with Crippen molar-refractivity contribution in [3.05, 3.63) is 125 Å². The molecule has 5 aromatic rings. The summed E-state index contributed by atoms with van der Waals surface area (Å²) in [5.74, 6) is 3.11. The molecule has 57 heavy (non-hydrogen) atoms. The van der Waals surface area contributed by atoms with Crippen LogP contribution in [0.5, 0.6) is 11.5 Å². The zero-order valence-corrected chi connectivity index (χ0v) is 35.7. The van der Waals surface area contributed by atoms with E-state index in [0.717, 1.165) is 61.4 Å². The van der Waals surface area contributed by atoms with Crippen LogP contribution in [-0.4, -0.2) is 18.0 Å². The number of nitrogens with zero attached hydrogens (tertiary/aromatic N) is 1. The van der Waals surface area contributed by atoms with Crippen molar-refractivity contribution in [1.82, 2.24) is 0 Å². The van der Waals surface area contributed by atoms with Crippen LogP contribution in [0.4, 0.5) is 5.69 Å². The van der Waals surface area contributed by atoms with Crippen molar-refractivity contribution in [3.63, 3.8) is 0 Å². The fraction of sp³-hybridized carbons (Fsp3) is 0.434. The van der Waals surface area contributed by atoms with E-state index < -0.39 is 5.60 Å². The summed E-state index contributed by atoms with van der Waals surface area (Å²) < 4.78 is 15.1. The molecule has 3 nitrogen and oxygen atoms in total. The van der Waals surface area contributed by atoms with Gasteiger partial charge in [-0.3, -0.25) is 0 Å². The highest BCUT2D eigenvalue weighted by Gasteiger charge is 2.51. The molecule has 294 valence electrons. The smallest absolute Gasteiger partial charge is 0.178 e. The second-order valence-electron chi connectivity index (χ2n) is 19.6. The molecule has 0 radical (unpaired) electrons. The van der Waals surface area contributed by atoms with Crippen molar-refractivity contribution in [2.75, 3.05) is 18.0 Å². The highest BCUT2D eigenvalue weighted by atomic mass is 32.2. The quantitative estimate of drug-likeness (QED) is 0.164. The molecule has 0 amide bonds. The number of piperidine rings is 1. The van der Waals surface area contributed by atoms with Gasteiger partial charge < -0.3 is 14.4 Å². The van der Waals surface area contributed by atoms with Crippen LogP contribution in [0.15, 0.2) is 102 Å². The maximum Gasteiger partial charge on any atom is 0.178 e. The summed E-state index contributed by atoms with van der Waals surface area (Å²) in [6, 6.07) is 34.5. The number of anilines is 1. The Morgan fingerprint density at radius 1 is 0.702 bits per heavy atom. The lowest BCUT2D eigenvalue weighted by molar-refractivity contribution is 0.122. The molecule has 0 aromatic heterocycles. The molecule has 1 atom stereocenters. The number of hydrogen-bond acceptors (Lipinski definition) is 4. The van der Waals surface area contributed by atoms with Gasteiger partial charge in [0, 0.05) is 46.3 Å². The first-order valence-corrected chi connectivity index (χ1v) is 22.8. The van der Waals surface area contributed by atoms with Gasteiger partial charge in [0.1, 0.15) is 11.5 Å². The van der Waals surface area contributed by atoms with Crippen LogP contribution < -0.4 is 14.4 Å². The second kappa shape index (κ2) is 13.7. The predicted octanol–water partition coefficient (Wildman–Crippen LogP) is 14.3. The van der Waals surface area contributed by atoms with E-state index in [0.29, 0.717) is 17.3 Å². The molecule has 0 N–H and O–H groups in total. The Morgan fingerprint density at radius 3 is 2.07 bits per heavy atom. The van der Waals surface area contributed by atoms with E-state index in [-0.39, 0.29) is 10.3 Å². The highest BCUT2D eigenvalue weighted by Crippen LogP contribution is 2.65. The van der Waals surface area contributed by atoms with Gasteiger partial charge in [-0.2, -0.15) is 0 Å². The molecule has 1 unspecified atom stereocenters. The SMILES string of the molecule is CC(C)CC1(CC(C)C)Oc2cc3c4c(c5c(c3cc2S1)OC(c1ccccc1)(c1ccc(N2CCCCC2)cc1)C=C5)C1(CCC(C)(C)CC1)c1ccccc1-4. The monoisotopic (exact) mass is 773 g/mol. The first kappa shape index (κ1) is 37.1. The molecule has 5 aromatic carbocycles. The first-order valence-electron chi connectivity index (χ1n) is 22.0. The summed E-state index contributed by atoms with van der Waals surface area (Å²) in [7, 11) is 0. The molecule has 1 saturated carbocycles. The minimum absolute atomic E-state index is 0.0656. The number of rotatable bonds is 7. The molecule has 5 aliphatic rings. The van der Waals surface area contributed by atoms with Crippen LogP contribution in [0.1, 0.15) is 127 Å². The molecule has 4 heteroatoms. The molecule has 3 aliphatic heterocycles. The summed E-state index contributed by atoms with van der Waals surface area (Å²) >= 11 is 1.95. The van der Waals surface area contributed by atoms with E-state index in [1.165, 1.54) is 81.3 Å². The van der Waals surface area contributed by atoms with Gasteiger partial charge >= 0.3 is 0 Å². The van der Waals surface area contributed by atoms with E-state index in [2.05, 4.69) is 150 Å². The maximum absolute atomic E-state index is 7.88. The second-order valence-corrected chi connectivity index (χ2v) is 21.0. The zero-order valence-electron chi connectivity index (χ0n) is 34.9. The van der Waals surface area contributed by atoms with E-state index in [4.69, 9.17) is 9.47 Å². The van der Waals surface area contributed by atoms with Gasteiger partial charge in [0.05, 0.1) is 4.90 Å². The Labute approximate surface area is 345 Å². The van der Waals surface area contributed by atoms with E-state index in [1.807, 2.05) is 11.8 Å². The lowest BCUT2D eigenvalue weighted by Crippen LogP contribution is -2.37. The molecule has 2 aliphatic carbocycles. The fourth-order valence-corrected chi connectivity index (χ4v) is 13.1. The largest absolute Gasteiger partial charge is 0.475 e. The molecule has 10 rings (SSSR count). The van der Waals surface area contributed by atoms with Gasteiger partial charge in [0.2, 0.25) is 0 Å². The predicted molar refractivity (Wildman–Crippen MR) is 240 cm³/mol. The van der Waals surface area contributed by atoms with E-state index in [9.17, 15) is 0 Å². The van der Waals surface area contributed by atoms with Crippen LogP contribution >= 0.6 is 11.8 Å². The lowest BCUT2D eigenvalue weighted by atomic mass is 9.60. The normalized spacial score (nSPS) is 22.3. The third-order valence-corrected chi connectivity index (χ3v) is 15.3. The Bertz CT molecular complexity index is 2350. The summed E-state index contributed by atoms with van der Waals surface area (Å²) in [6.45, 7) is 16.5. The molecular weight excluding hydrogens is 715 g/mol. The molecular formula is C53H59NO2S. The van der Waals surface area contributed by atoms with Gasteiger partial charge in [-0.25, -0.2) is 0 Å². The summed E-state index contributed by atoms with van der Waals surface area (Å²) in [5.41, 5.74) is 10.1. The Balaban J connectivity index is 1.22. The van der Waals surface area contributed by atoms with Crippen LogP contribution in [0.3, 0.4) is 0 Å². The maximum atomic E-state index is 7.88. The molecule has 1 saturated heterocycles. The number of benzene rings is 5. The molecule has 3 heterocycles. The topological polar surface area (TPSA) is 21.7 Å². The first-order chi connectivity index (χ1) is 27.5. The van der Waals surface area contributed by atoms with E-state index in [1.54, 1.807) is 0 Å². The van der Waals surface area contributed by atoms with Crippen LogP contribution in [0, 0.1) is 17.3 Å². The zero-order chi connectivity index (χ0) is 39.2. The van der Waals surface area contributed by atoms with Crippen molar-refractivity contribution < 1.29 is 9.47 Å². The Morgan fingerprint density at radius 2 is 1.37 bits per heavy atom. The average Bonchev–Trinajstić information content (AvgIpc) is 3.70. The van der Waals surface area contributed by atoms with Crippen molar-refractivity contribution in [3.8, 4) is 22.6 Å². The lowest BCUT2D eigenvalue weighted by Gasteiger charge is -2.44. The van der Waals surface area contributed by atoms with Crippen LogP contribution in [-0.2, 0) is 11.0 Å². The minimum atomic E-state index is -0.787. The standard InChI is InChI=1S/C53H59NO2S/c1-35(2)33-52(34-36(3)4)55-45-31-42-43(32-46(45)57-52)49-41(48-47(42)40-17-11-12-18-44(40)51(48)27-25-50(5,6)26-28-51)23-24-53(56-49,37-15-9-7-10-16-37)38-19-21-39(22-20-38)54-29-13-8-14-30-54/h7,9-12,15-24,31-32,35-36H,8,13-14,25-30,33-34H2,1-6H3. The molecule has 0 bridgehead atoms. The Kier molecular flexibility index (Phi) is 8.94. The van der Waals surface area contributed by atoms with Gasteiger partial charge in [0.15, 0.2) is 10.5 Å². The third kappa shape index (κ3) is 6.06. The van der Waals surface area contributed by atoms with Gasteiger partial charge in [0.25, 0.3) is 0 Å². The van der Waals surface area contributed by atoms with Crippen molar-refractivity contribution in [2.45, 2.75) is 120 Å². The molecule has 1 spiro atoms. The Hall–Kier alpha value is -4.15. The van der Waals surface area contributed by atoms with Crippen LogP contribution in [0.2, 0.25) is 0 Å². The van der Waals surface area contributed by atoms with Gasteiger partial charge in [-0.05, 0) is 133 Å². The van der Waals surface area contributed by atoms with Gasteiger partial charge in [-0.1, -0.05) is 126 Å². The number of thioether (sulfide) groups is 1. The number of hydrogen-bond donors (Lipinski definition) is 0. The van der Waals surface area contributed by atoms with Gasteiger partial charge in [-0.15, -0.1) is 0 Å². The average molecular weight is 774 g/mol. The summed E-state index contributed by atoms with van der Waals surface area (Å²) in [5, 5.41) is 2.46. The minimum Gasteiger partial charge on any atom is -0.475 e. The highest BCUT2D eigenvalue weighted by molar-refractivity contribution is 8.00. The van der Waals surface area contributed by atoms with Crippen molar-refractivity contribution >= 4 is 34.3 Å². The fourth-order valence-electron chi connectivity index (χ4n) is 11.4. The van der Waals surface area contributed by atoms with Crippen molar-refractivity contribution in [2.24, 2.45) is 17.3 Å². The summed E-state index contributed by atoms with van der Waals surface area (Å²) in [4.78, 5) is 3.51. The summed E-state index contributed by atoms with van der Waals surface area (Å²) in [6.07, 6.45) is 15.4. The number of fused-ring (bicyclic) bond motifs is 11. The number of ether oxygens (including phenoxy) is 2. The third-order valence-electron chi connectivity index (χ3n) is 14.0.